The Morgan fingerprint density at radius 2 is 1.84 bits per heavy atom. The highest BCUT2D eigenvalue weighted by Crippen LogP contribution is 2.27. The number of aromatic nitrogens is 3. The first-order chi connectivity index (χ1) is 14.9. The number of anilines is 1. The molecule has 9 heteroatoms. The second-order valence-electron chi connectivity index (χ2n) is 7.66. The zero-order valence-electron chi connectivity index (χ0n) is 17.1. The molecule has 7 nitrogen and oxygen atoms in total. The lowest BCUT2D eigenvalue weighted by Gasteiger charge is -2.31. The van der Waals surface area contributed by atoms with Gasteiger partial charge in [0.2, 0.25) is 5.91 Å². The van der Waals surface area contributed by atoms with Crippen molar-refractivity contribution in [1.82, 2.24) is 19.2 Å². The van der Waals surface area contributed by atoms with Gasteiger partial charge in [-0.15, -0.1) is 0 Å². The Morgan fingerprint density at radius 3 is 2.55 bits per heavy atom. The Kier molecular flexibility index (Phi) is 5.94. The third kappa shape index (κ3) is 4.56. The minimum absolute atomic E-state index is 0.0779. The van der Waals surface area contributed by atoms with E-state index in [1.165, 1.54) is 4.68 Å². The molecule has 0 radical (unpaired) electrons. The molecule has 0 spiro atoms. The van der Waals surface area contributed by atoms with Gasteiger partial charge in [0.25, 0.3) is 0 Å². The van der Waals surface area contributed by atoms with Crippen LogP contribution in [0.15, 0.2) is 53.3 Å². The van der Waals surface area contributed by atoms with Crippen LogP contribution in [-0.4, -0.2) is 44.8 Å². The molecule has 1 aromatic heterocycles. The van der Waals surface area contributed by atoms with Crippen LogP contribution in [0.3, 0.4) is 0 Å². The van der Waals surface area contributed by atoms with E-state index < -0.39 is 17.5 Å². The molecule has 31 heavy (non-hydrogen) atoms. The number of aryl methyl sites for hydroxylation is 1. The summed E-state index contributed by atoms with van der Waals surface area (Å²) in [7, 11) is 1.64. The lowest BCUT2D eigenvalue weighted by molar-refractivity contribution is -0.117. The van der Waals surface area contributed by atoms with Crippen LogP contribution in [0.5, 0.6) is 0 Å². The minimum atomic E-state index is -0.678. The van der Waals surface area contributed by atoms with Gasteiger partial charge in [-0.1, -0.05) is 18.2 Å². The average Bonchev–Trinajstić information content (AvgIpc) is 3.06. The van der Waals surface area contributed by atoms with Crippen LogP contribution < -0.4 is 11.0 Å². The summed E-state index contributed by atoms with van der Waals surface area (Å²) in [6, 6.07) is 12.3. The van der Waals surface area contributed by atoms with E-state index in [1.807, 2.05) is 35.2 Å². The highest BCUT2D eigenvalue weighted by Gasteiger charge is 2.27. The van der Waals surface area contributed by atoms with E-state index in [0.717, 1.165) is 36.7 Å². The lowest BCUT2D eigenvalue weighted by atomic mass is 9.95. The molecule has 4 rings (SSSR count). The maximum absolute atomic E-state index is 13.7. The number of halogens is 2. The Labute approximate surface area is 177 Å². The maximum atomic E-state index is 13.7. The molecule has 1 saturated heterocycles. The van der Waals surface area contributed by atoms with Gasteiger partial charge in [0.1, 0.15) is 17.5 Å². The third-order valence-corrected chi connectivity index (χ3v) is 5.49. The summed E-state index contributed by atoms with van der Waals surface area (Å²) in [5.74, 6) is -0.902. The molecule has 0 atom stereocenters. The van der Waals surface area contributed by atoms with Gasteiger partial charge >= 0.3 is 5.69 Å². The first kappa shape index (κ1) is 20.9. The Morgan fingerprint density at radius 1 is 1.13 bits per heavy atom. The van der Waals surface area contributed by atoms with E-state index in [4.69, 9.17) is 0 Å². The van der Waals surface area contributed by atoms with E-state index in [-0.39, 0.29) is 23.8 Å². The summed E-state index contributed by atoms with van der Waals surface area (Å²) in [5.41, 5.74) is 0.412. The molecule has 2 aromatic carbocycles. The van der Waals surface area contributed by atoms with E-state index in [2.05, 4.69) is 10.4 Å². The van der Waals surface area contributed by atoms with Crippen molar-refractivity contribution in [2.24, 2.45) is 7.05 Å². The number of piperidine rings is 1. The number of hydrogen-bond donors (Lipinski definition) is 1. The highest BCUT2D eigenvalue weighted by atomic mass is 19.1. The number of nitrogens with one attached hydrogen (secondary N) is 1. The molecule has 1 amide bonds. The predicted molar refractivity (Wildman–Crippen MR) is 112 cm³/mol. The molecule has 162 valence electrons. The van der Waals surface area contributed by atoms with Crippen LogP contribution in [0.1, 0.15) is 24.6 Å². The molecule has 1 N–H and O–H groups in total. The van der Waals surface area contributed by atoms with Crippen LogP contribution in [0, 0.1) is 11.6 Å². The van der Waals surface area contributed by atoms with Gasteiger partial charge in [0, 0.05) is 19.0 Å². The largest absolute Gasteiger partial charge is 0.350 e. The smallest absolute Gasteiger partial charge is 0.322 e. The number of benzene rings is 2. The number of nitrogens with zero attached hydrogens (tertiary/aromatic N) is 4. The molecule has 1 fully saturated rings. The van der Waals surface area contributed by atoms with Crippen molar-refractivity contribution >= 4 is 11.6 Å². The van der Waals surface area contributed by atoms with Crippen LogP contribution in [0.25, 0.3) is 5.69 Å². The summed E-state index contributed by atoms with van der Waals surface area (Å²) in [6.45, 7) is 1.34. The van der Waals surface area contributed by atoms with Crippen LogP contribution in [0.4, 0.5) is 14.5 Å². The third-order valence-electron chi connectivity index (χ3n) is 5.49. The summed E-state index contributed by atoms with van der Waals surface area (Å²) >= 11 is 0. The normalized spacial score (nSPS) is 15.2. The highest BCUT2D eigenvalue weighted by molar-refractivity contribution is 5.92. The Hall–Kier alpha value is -3.33. The van der Waals surface area contributed by atoms with Crippen molar-refractivity contribution < 1.29 is 13.6 Å². The SMILES string of the molecule is Cn1nc(C2CCN(CC(=O)Nc3cc(F)ccc3F)CC2)n(-c2ccccc2)c1=O. The van der Waals surface area contributed by atoms with Gasteiger partial charge in [-0.05, 0) is 50.2 Å². The number of para-hydroxylation sites is 1. The summed E-state index contributed by atoms with van der Waals surface area (Å²) in [4.78, 5) is 26.8. The number of hydrogen-bond acceptors (Lipinski definition) is 4. The first-order valence-corrected chi connectivity index (χ1v) is 10.1. The minimum Gasteiger partial charge on any atom is -0.322 e. The van der Waals surface area contributed by atoms with Crippen molar-refractivity contribution in [3.05, 3.63) is 76.5 Å². The topological polar surface area (TPSA) is 72.2 Å². The van der Waals surface area contributed by atoms with Gasteiger partial charge in [-0.25, -0.2) is 22.8 Å². The molecule has 1 aliphatic rings. The summed E-state index contributed by atoms with van der Waals surface area (Å²) in [6.07, 6.45) is 1.45. The fraction of sp³-hybridized carbons (Fsp3) is 0.318. The second kappa shape index (κ2) is 8.81. The van der Waals surface area contributed by atoms with Gasteiger partial charge in [0.15, 0.2) is 0 Å². The Balaban J connectivity index is 1.41. The van der Waals surface area contributed by atoms with Gasteiger partial charge < -0.3 is 5.32 Å². The van der Waals surface area contributed by atoms with E-state index >= 15 is 0 Å². The number of carbonyl (C=O) groups excluding carboxylic acids is 1. The van der Waals surface area contributed by atoms with Crippen molar-refractivity contribution in [3.8, 4) is 5.69 Å². The molecule has 2 heterocycles. The van der Waals surface area contributed by atoms with Crippen LogP contribution in [0.2, 0.25) is 0 Å². The van der Waals surface area contributed by atoms with E-state index in [0.29, 0.717) is 18.9 Å². The molecule has 3 aromatic rings. The van der Waals surface area contributed by atoms with Crippen molar-refractivity contribution in [2.75, 3.05) is 25.0 Å². The molecule has 1 aliphatic heterocycles. The standard InChI is InChI=1S/C22H23F2N5O2/c1-27-22(31)29(17-5-3-2-4-6-17)21(26-27)15-9-11-28(12-10-15)14-20(30)25-19-13-16(23)7-8-18(19)24/h2-8,13,15H,9-12,14H2,1H3,(H,25,30). The molecular formula is C22H23F2N5O2. The number of carbonyl (C=O) groups is 1. The maximum Gasteiger partial charge on any atom is 0.350 e. The van der Waals surface area contributed by atoms with Crippen molar-refractivity contribution in [3.63, 3.8) is 0 Å². The number of amides is 1. The fourth-order valence-corrected chi connectivity index (χ4v) is 3.90. The van der Waals surface area contributed by atoms with Gasteiger partial charge in [-0.3, -0.25) is 9.69 Å². The van der Waals surface area contributed by atoms with Gasteiger partial charge in [-0.2, -0.15) is 5.10 Å². The molecule has 0 aliphatic carbocycles. The first-order valence-electron chi connectivity index (χ1n) is 10.1. The van der Waals surface area contributed by atoms with Crippen LogP contribution >= 0.6 is 0 Å². The quantitative estimate of drug-likeness (QED) is 0.680. The monoisotopic (exact) mass is 427 g/mol. The zero-order valence-corrected chi connectivity index (χ0v) is 17.1. The molecular weight excluding hydrogens is 404 g/mol. The van der Waals surface area contributed by atoms with Crippen molar-refractivity contribution in [1.29, 1.82) is 0 Å². The fourth-order valence-electron chi connectivity index (χ4n) is 3.90. The van der Waals surface area contributed by atoms with E-state index in [1.54, 1.807) is 11.6 Å². The molecule has 0 unspecified atom stereocenters. The molecule has 0 saturated carbocycles. The lowest BCUT2D eigenvalue weighted by Crippen LogP contribution is -2.39. The summed E-state index contributed by atoms with van der Waals surface area (Å²) < 4.78 is 30.0. The number of rotatable bonds is 5. The van der Waals surface area contributed by atoms with Gasteiger partial charge in [0.05, 0.1) is 17.9 Å². The second-order valence-corrected chi connectivity index (χ2v) is 7.66. The van der Waals surface area contributed by atoms with E-state index in [9.17, 15) is 18.4 Å². The predicted octanol–water partition coefficient (Wildman–Crippen LogP) is 2.67. The van der Waals surface area contributed by atoms with Crippen LogP contribution in [-0.2, 0) is 11.8 Å². The average molecular weight is 427 g/mol. The summed E-state index contributed by atoms with van der Waals surface area (Å²) in [5, 5.41) is 6.89. The zero-order chi connectivity index (χ0) is 22.0. The number of likely N-dealkylation sites (tertiary alicyclic amines) is 1. The Bertz CT molecular complexity index is 1130. The molecule has 0 bridgehead atoms. The van der Waals surface area contributed by atoms with Crippen molar-refractivity contribution in [2.45, 2.75) is 18.8 Å².